The van der Waals surface area contributed by atoms with Crippen LogP contribution < -0.4 is 5.14 Å². The minimum absolute atomic E-state index is 0.0198. The number of carbonyl (C=O) groups excluding carboxylic acids is 1. The van der Waals surface area contributed by atoms with E-state index in [0.29, 0.717) is 37.9 Å². The lowest BCUT2D eigenvalue weighted by atomic mass is 10.2. The van der Waals surface area contributed by atoms with Gasteiger partial charge in [0.15, 0.2) is 0 Å². The van der Waals surface area contributed by atoms with Crippen molar-refractivity contribution in [2.45, 2.75) is 11.4 Å². The summed E-state index contributed by atoms with van der Waals surface area (Å²) in [5, 5.41) is 5.71. The first-order chi connectivity index (χ1) is 14.7. The third-order valence-corrected chi connectivity index (χ3v) is 7.01. The molecule has 1 aliphatic rings. The number of amides is 1. The second kappa shape index (κ2) is 8.60. The molecule has 6 nitrogen and oxygen atoms in total. The van der Waals surface area contributed by atoms with Crippen LogP contribution in [0, 0.1) is 0 Å². The fourth-order valence-electron chi connectivity index (χ4n) is 2.98. The van der Waals surface area contributed by atoms with Gasteiger partial charge < -0.3 is 4.42 Å². The van der Waals surface area contributed by atoms with E-state index in [1.54, 1.807) is 42.5 Å². The van der Waals surface area contributed by atoms with E-state index in [-0.39, 0.29) is 10.8 Å². The number of sulfonamides is 1. The fourth-order valence-corrected chi connectivity index (χ4v) is 4.94. The first-order valence-corrected chi connectivity index (χ1v) is 12.1. The molecule has 31 heavy (non-hydrogen) atoms. The predicted octanol–water partition coefficient (Wildman–Crippen LogP) is 4.65. The van der Waals surface area contributed by atoms with Gasteiger partial charge >= 0.3 is 0 Å². The molecule has 2 aromatic carbocycles. The van der Waals surface area contributed by atoms with Crippen LogP contribution in [0.25, 0.3) is 17.4 Å². The Morgan fingerprint density at radius 1 is 1.13 bits per heavy atom. The van der Waals surface area contributed by atoms with Crippen molar-refractivity contribution in [1.82, 2.24) is 4.90 Å². The first kappa shape index (κ1) is 21.8. The summed E-state index contributed by atoms with van der Waals surface area (Å²) in [6, 6.07) is 16.8. The van der Waals surface area contributed by atoms with E-state index in [0.717, 1.165) is 5.56 Å². The summed E-state index contributed by atoms with van der Waals surface area (Å²) in [6.45, 7) is 0.336. The van der Waals surface area contributed by atoms with Gasteiger partial charge in [-0.15, -0.1) is 0 Å². The standard InChI is InChI=1S/C21H15ClN2O4S3/c22-15-3-1-2-13(10-15)12-24-20(25)19(30-21(24)29)11-16-6-9-18(28-16)14-4-7-17(8-5-14)31(23,26)27/h1-11H,12H2,(H2,23,26,27). The minimum atomic E-state index is -3.76. The van der Waals surface area contributed by atoms with Gasteiger partial charge in [-0.2, -0.15) is 0 Å². The molecule has 1 aromatic heterocycles. The van der Waals surface area contributed by atoms with Gasteiger partial charge in [0.05, 0.1) is 16.3 Å². The lowest BCUT2D eigenvalue weighted by molar-refractivity contribution is -0.122. The summed E-state index contributed by atoms with van der Waals surface area (Å²) < 4.78 is 29.0. The fraction of sp³-hybridized carbons (Fsp3) is 0.0476. The number of hydrogen-bond acceptors (Lipinski definition) is 6. The lowest BCUT2D eigenvalue weighted by Gasteiger charge is -2.14. The molecule has 0 saturated carbocycles. The highest BCUT2D eigenvalue weighted by Gasteiger charge is 2.32. The number of benzene rings is 2. The Morgan fingerprint density at radius 3 is 2.55 bits per heavy atom. The molecule has 0 radical (unpaired) electrons. The molecule has 3 aromatic rings. The highest BCUT2D eigenvalue weighted by molar-refractivity contribution is 8.26. The smallest absolute Gasteiger partial charge is 0.266 e. The Labute approximate surface area is 193 Å². The van der Waals surface area contributed by atoms with Gasteiger partial charge in [0, 0.05) is 16.7 Å². The summed E-state index contributed by atoms with van der Waals surface area (Å²) in [7, 11) is -3.76. The summed E-state index contributed by atoms with van der Waals surface area (Å²) in [5.41, 5.74) is 1.56. The van der Waals surface area contributed by atoms with E-state index in [9.17, 15) is 13.2 Å². The van der Waals surface area contributed by atoms with E-state index in [1.807, 2.05) is 12.1 Å². The zero-order valence-electron chi connectivity index (χ0n) is 15.8. The molecule has 0 bridgehead atoms. The summed E-state index contributed by atoms with van der Waals surface area (Å²) >= 11 is 12.6. The van der Waals surface area contributed by atoms with Crippen LogP contribution in [0.5, 0.6) is 0 Å². The average Bonchev–Trinajstić information content (AvgIpc) is 3.28. The maximum absolute atomic E-state index is 12.8. The Morgan fingerprint density at radius 2 is 1.87 bits per heavy atom. The molecule has 158 valence electrons. The minimum Gasteiger partial charge on any atom is -0.457 e. The van der Waals surface area contributed by atoms with Crippen molar-refractivity contribution in [3.63, 3.8) is 0 Å². The van der Waals surface area contributed by atoms with Crippen LogP contribution in [0.4, 0.5) is 0 Å². The molecule has 2 N–H and O–H groups in total. The van der Waals surface area contributed by atoms with E-state index >= 15 is 0 Å². The van der Waals surface area contributed by atoms with Gasteiger partial charge in [-0.1, -0.05) is 47.7 Å². The molecule has 1 amide bonds. The zero-order valence-corrected chi connectivity index (χ0v) is 19.0. The number of rotatable bonds is 5. The number of hydrogen-bond donors (Lipinski definition) is 1. The van der Waals surface area contributed by atoms with Gasteiger partial charge in [0.1, 0.15) is 15.8 Å². The molecule has 0 aliphatic carbocycles. The first-order valence-electron chi connectivity index (χ1n) is 8.93. The molecule has 1 saturated heterocycles. The molecule has 0 atom stereocenters. The third kappa shape index (κ3) is 4.91. The molecule has 10 heteroatoms. The van der Waals surface area contributed by atoms with Crippen molar-refractivity contribution in [2.24, 2.45) is 5.14 Å². The van der Waals surface area contributed by atoms with E-state index in [4.69, 9.17) is 33.4 Å². The molecule has 1 fully saturated rings. The van der Waals surface area contributed by atoms with Crippen molar-refractivity contribution in [3.8, 4) is 11.3 Å². The predicted molar refractivity (Wildman–Crippen MR) is 126 cm³/mol. The van der Waals surface area contributed by atoms with Crippen LogP contribution in [0.15, 0.2) is 74.9 Å². The van der Waals surface area contributed by atoms with Crippen molar-refractivity contribution < 1.29 is 17.6 Å². The molecular weight excluding hydrogens is 476 g/mol. The summed E-state index contributed by atoms with van der Waals surface area (Å²) in [6.07, 6.45) is 1.64. The van der Waals surface area contributed by atoms with Crippen LogP contribution in [0.3, 0.4) is 0 Å². The van der Waals surface area contributed by atoms with E-state index < -0.39 is 10.0 Å². The number of thioether (sulfide) groups is 1. The van der Waals surface area contributed by atoms with Crippen LogP contribution in [0.2, 0.25) is 5.02 Å². The molecule has 2 heterocycles. The highest BCUT2D eigenvalue weighted by atomic mass is 35.5. The van der Waals surface area contributed by atoms with Crippen LogP contribution >= 0.6 is 35.6 Å². The van der Waals surface area contributed by atoms with Crippen molar-refractivity contribution in [2.75, 3.05) is 0 Å². The normalized spacial score (nSPS) is 15.8. The van der Waals surface area contributed by atoms with Crippen molar-refractivity contribution in [3.05, 3.63) is 81.9 Å². The Hall–Kier alpha value is -2.43. The summed E-state index contributed by atoms with van der Waals surface area (Å²) in [5.74, 6) is 0.806. The maximum Gasteiger partial charge on any atom is 0.266 e. The highest BCUT2D eigenvalue weighted by Crippen LogP contribution is 2.34. The topological polar surface area (TPSA) is 93.6 Å². The number of primary sulfonamides is 1. The Bertz CT molecular complexity index is 1310. The quantitative estimate of drug-likeness (QED) is 0.413. The van der Waals surface area contributed by atoms with E-state index in [2.05, 4.69) is 0 Å². The van der Waals surface area contributed by atoms with Crippen molar-refractivity contribution >= 4 is 61.9 Å². The van der Waals surface area contributed by atoms with Gasteiger partial charge in [-0.25, -0.2) is 13.6 Å². The largest absolute Gasteiger partial charge is 0.457 e. The zero-order chi connectivity index (χ0) is 22.2. The average molecular weight is 491 g/mol. The van der Waals surface area contributed by atoms with Crippen LogP contribution in [-0.4, -0.2) is 23.5 Å². The van der Waals surface area contributed by atoms with Crippen molar-refractivity contribution in [1.29, 1.82) is 0 Å². The molecule has 4 rings (SSSR count). The van der Waals surface area contributed by atoms with E-state index in [1.165, 1.54) is 28.8 Å². The maximum atomic E-state index is 12.8. The molecular formula is C21H15ClN2O4S3. The Balaban J connectivity index is 1.52. The number of halogens is 1. The number of furan rings is 1. The second-order valence-electron chi connectivity index (χ2n) is 6.67. The third-order valence-electron chi connectivity index (χ3n) is 4.47. The van der Waals surface area contributed by atoms with Crippen LogP contribution in [-0.2, 0) is 21.4 Å². The number of nitrogens with zero attached hydrogens (tertiary/aromatic N) is 1. The van der Waals surface area contributed by atoms with Gasteiger partial charge in [-0.05, 0) is 54.1 Å². The lowest BCUT2D eigenvalue weighted by Crippen LogP contribution is -2.27. The molecule has 1 aliphatic heterocycles. The number of thiocarbonyl (C=S) groups is 1. The number of nitrogens with two attached hydrogens (primary N) is 1. The second-order valence-corrected chi connectivity index (χ2v) is 10.3. The summed E-state index contributed by atoms with van der Waals surface area (Å²) in [4.78, 5) is 14.8. The van der Waals surface area contributed by atoms with Gasteiger partial charge in [0.25, 0.3) is 5.91 Å². The SMILES string of the molecule is NS(=O)(=O)c1ccc(-c2ccc(C=C3SC(=S)N(Cc4cccc(Cl)c4)C3=O)o2)cc1. The van der Waals surface area contributed by atoms with Gasteiger partial charge in [-0.3, -0.25) is 9.69 Å². The Kier molecular flexibility index (Phi) is 6.05. The number of carbonyl (C=O) groups is 1. The van der Waals surface area contributed by atoms with Crippen LogP contribution in [0.1, 0.15) is 11.3 Å². The monoisotopic (exact) mass is 490 g/mol. The molecule has 0 unspecified atom stereocenters. The molecule has 0 spiro atoms. The van der Waals surface area contributed by atoms with Gasteiger partial charge in [0.2, 0.25) is 10.0 Å².